The first kappa shape index (κ1) is 12.1. The average molecular weight is 242 g/mol. The average Bonchev–Trinajstić information content (AvgIpc) is 2.29. The summed E-state index contributed by atoms with van der Waals surface area (Å²) in [5.74, 6) is -0.276. The van der Waals surface area contributed by atoms with Crippen molar-refractivity contribution in [2.24, 2.45) is 0 Å². The Kier molecular flexibility index (Phi) is 3.22. The number of hydrogen-bond donors (Lipinski definition) is 0. The molecule has 1 fully saturated rings. The van der Waals surface area contributed by atoms with Gasteiger partial charge >= 0.3 is 6.18 Å². The number of halogens is 3. The summed E-state index contributed by atoms with van der Waals surface area (Å²) in [5, 5.41) is 0. The van der Waals surface area contributed by atoms with Gasteiger partial charge in [0.15, 0.2) is 0 Å². The van der Waals surface area contributed by atoms with Gasteiger partial charge in [-0.3, -0.25) is 4.79 Å². The number of rotatable bonds is 1. The lowest BCUT2D eigenvalue weighted by molar-refractivity contribution is -0.137. The molecule has 0 aliphatic heterocycles. The molecule has 17 heavy (non-hydrogen) atoms. The van der Waals surface area contributed by atoms with E-state index in [0.717, 1.165) is 25.0 Å². The Bertz CT molecular complexity index is 423. The Balaban J connectivity index is 2.29. The van der Waals surface area contributed by atoms with E-state index in [1.807, 2.05) is 0 Å². The molecule has 1 nitrogen and oxygen atoms in total. The molecule has 4 heteroatoms. The first-order valence-corrected chi connectivity index (χ1v) is 5.68. The van der Waals surface area contributed by atoms with E-state index in [2.05, 4.69) is 0 Å². The van der Waals surface area contributed by atoms with E-state index >= 15 is 0 Å². The van der Waals surface area contributed by atoms with Crippen molar-refractivity contribution in [3.63, 3.8) is 0 Å². The molecule has 1 aromatic rings. The number of Topliss-reactive ketones (excluding diaryl/α,β-unsaturated/α-hetero) is 1. The fourth-order valence-electron chi connectivity index (χ4n) is 2.27. The van der Waals surface area contributed by atoms with Crippen LogP contribution in [-0.4, -0.2) is 5.78 Å². The van der Waals surface area contributed by atoms with Gasteiger partial charge in [-0.15, -0.1) is 0 Å². The third-order valence-corrected chi connectivity index (χ3v) is 3.17. The third kappa shape index (κ3) is 2.68. The topological polar surface area (TPSA) is 17.1 Å². The second-order valence-electron chi connectivity index (χ2n) is 4.39. The van der Waals surface area contributed by atoms with Crippen molar-refractivity contribution in [3.8, 4) is 0 Å². The lowest BCUT2D eigenvalue weighted by Crippen LogP contribution is -2.17. The first-order chi connectivity index (χ1) is 7.98. The number of benzene rings is 1. The van der Waals surface area contributed by atoms with E-state index in [-0.39, 0.29) is 11.7 Å². The molecule has 1 aromatic carbocycles. The minimum atomic E-state index is -4.34. The minimum absolute atomic E-state index is 0.0653. The highest BCUT2D eigenvalue weighted by molar-refractivity contribution is 5.86. The molecule has 0 radical (unpaired) electrons. The molecule has 1 aliphatic rings. The van der Waals surface area contributed by atoms with E-state index in [9.17, 15) is 18.0 Å². The van der Waals surface area contributed by atoms with Gasteiger partial charge in [-0.2, -0.15) is 13.2 Å². The molecule has 1 saturated carbocycles. The van der Waals surface area contributed by atoms with Gasteiger partial charge in [-0.25, -0.2) is 0 Å². The van der Waals surface area contributed by atoms with Gasteiger partial charge in [0.2, 0.25) is 0 Å². The van der Waals surface area contributed by atoms with Gasteiger partial charge in [0.05, 0.1) is 5.56 Å². The highest BCUT2D eigenvalue weighted by Gasteiger charge is 2.32. The third-order valence-electron chi connectivity index (χ3n) is 3.17. The van der Waals surface area contributed by atoms with E-state index in [4.69, 9.17) is 0 Å². The fourth-order valence-corrected chi connectivity index (χ4v) is 2.27. The number of hydrogen-bond acceptors (Lipinski definition) is 1. The summed E-state index contributed by atoms with van der Waals surface area (Å²) in [6.45, 7) is 0. The van der Waals surface area contributed by atoms with Crippen LogP contribution >= 0.6 is 0 Å². The highest BCUT2D eigenvalue weighted by Crippen LogP contribution is 2.34. The smallest absolute Gasteiger partial charge is 0.299 e. The second-order valence-corrected chi connectivity index (χ2v) is 4.39. The van der Waals surface area contributed by atoms with Crippen molar-refractivity contribution >= 4 is 5.78 Å². The zero-order chi connectivity index (χ0) is 12.5. The minimum Gasteiger partial charge on any atom is -0.299 e. The lowest BCUT2D eigenvalue weighted by Gasteiger charge is -2.21. The molecule has 2 rings (SSSR count). The molecule has 0 amide bonds. The maximum atomic E-state index is 12.5. The maximum absolute atomic E-state index is 12.5. The van der Waals surface area contributed by atoms with Gasteiger partial charge in [-0.05, 0) is 24.5 Å². The fraction of sp³-hybridized carbons (Fsp3) is 0.462. The molecule has 0 heterocycles. The molecule has 0 saturated heterocycles. The van der Waals surface area contributed by atoms with Crippen molar-refractivity contribution in [1.82, 2.24) is 0 Å². The van der Waals surface area contributed by atoms with Crippen LogP contribution in [0, 0.1) is 0 Å². The number of alkyl halides is 3. The van der Waals surface area contributed by atoms with Crippen molar-refractivity contribution in [2.45, 2.75) is 37.8 Å². The van der Waals surface area contributed by atoms with Crippen LogP contribution in [0.1, 0.15) is 42.7 Å². The van der Waals surface area contributed by atoms with Crippen LogP contribution in [0.3, 0.4) is 0 Å². The zero-order valence-corrected chi connectivity index (χ0v) is 9.26. The molecule has 92 valence electrons. The molecule has 1 aliphatic carbocycles. The molecule has 1 atom stereocenters. The predicted octanol–water partition coefficient (Wildman–Crippen LogP) is 3.93. The van der Waals surface area contributed by atoms with Gasteiger partial charge in [0, 0.05) is 12.3 Å². The van der Waals surface area contributed by atoms with Crippen LogP contribution in [0.15, 0.2) is 24.3 Å². The van der Waals surface area contributed by atoms with Gasteiger partial charge in [-0.1, -0.05) is 24.6 Å². The number of carbonyl (C=O) groups excluding carboxylic acids is 1. The van der Waals surface area contributed by atoms with Crippen molar-refractivity contribution in [1.29, 1.82) is 0 Å². The highest BCUT2D eigenvalue weighted by atomic mass is 19.4. The van der Waals surface area contributed by atoms with Crippen LogP contribution in [0.2, 0.25) is 0 Å². The van der Waals surface area contributed by atoms with Gasteiger partial charge < -0.3 is 0 Å². The van der Waals surface area contributed by atoms with Crippen LogP contribution < -0.4 is 0 Å². The Morgan fingerprint density at radius 2 is 1.94 bits per heavy atom. The molecular weight excluding hydrogens is 229 g/mol. The number of carbonyl (C=O) groups is 1. The maximum Gasteiger partial charge on any atom is 0.416 e. The Hall–Kier alpha value is -1.32. The summed E-state index contributed by atoms with van der Waals surface area (Å²) in [5.41, 5.74) is -0.169. The molecule has 0 spiro atoms. The van der Waals surface area contributed by atoms with E-state index in [1.54, 1.807) is 6.07 Å². The molecule has 0 aromatic heterocycles. The second kappa shape index (κ2) is 4.51. The van der Waals surface area contributed by atoms with Crippen LogP contribution in [0.4, 0.5) is 13.2 Å². The van der Waals surface area contributed by atoms with Crippen molar-refractivity contribution in [3.05, 3.63) is 35.4 Å². The van der Waals surface area contributed by atoms with E-state index in [0.29, 0.717) is 18.4 Å². The van der Waals surface area contributed by atoms with Crippen molar-refractivity contribution < 1.29 is 18.0 Å². The zero-order valence-electron chi connectivity index (χ0n) is 9.26. The normalized spacial score (nSPS) is 21.6. The Morgan fingerprint density at radius 3 is 2.59 bits per heavy atom. The summed E-state index contributed by atoms with van der Waals surface area (Å²) in [7, 11) is 0. The van der Waals surface area contributed by atoms with Gasteiger partial charge in [0.25, 0.3) is 0 Å². The molecular formula is C13H13F3O. The Morgan fingerprint density at radius 1 is 1.18 bits per heavy atom. The standard InChI is InChI=1S/C13H13F3O/c14-13(15,16)10-5-3-4-9(8-10)11-6-1-2-7-12(11)17/h3-5,8,11H,1-2,6-7H2/t11-/m1/s1. The monoisotopic (exact) mass is 242 g/mol. The quantitative estimate of drug-likeness (QED) is 0.729. The van der Waals surface area contributed by atoms with Gasteiger partial charge in [0.1, 0.15) is 5.78 Å². The summed E-state index contributed by atoms with van der Waals surface area (Å²) in [6.07, 6.45) is -1.42. The summed E-state index contributed by atoms with van der Waals surface area (Å²) in [4.78, 5) is 11.7. The summed E-state index contributed by atoms with van der Waals surface area (Å²) < 4.78 is 37.6. The Labute approximate surface area is 97.6 Å². The molecule has 0 bridgehead atoms. The number of ketones is 1. The SMILES string of the molecule is O=C1CCCC[C@@H]1c1cccc(C(F)(F)F)c1. The van der Waals surface area contributed by atoms with Crippen molar-refractivity contribution in [2.75, 3.05) is 0 Å². The lowest BCUT2D eigenvalue weighted by atomic mass is 9.82. The van der Waals surface area contributed by atoms with Crippen LogP contribution in [0.5, 0.6) is 0 Å². The van der Waals surface area contributed by atoms with E-state index < -0.39 is 11.7 Å². The molecule has 0 unspecified atom stereocenters. The predicted molar refractivity (Wildman–Crippen MR) is 57.7 cm³/mol. The summed E-state index contributed by atoms with van der Waals surface area (Å²) >= 11 is 0. The largest absolute Gasteiger partial charge is 0.416 e. The van der Waals surface area contributed by atoms with E-state index in [1.165, 1.54) is 6.07 Å². The first-order valence-electron chi connectivity index (χ1n) is 5.68. The molecule has 0 N–H and O–H groups in total. The van der Waals surface area contributed by atoms with Crippen LogP contribution in [0.25, 0.3) is 0 Å². The van der Waals surface area contributed by atoms with Crippen LogP contribution in [-0.2, 0) is 11.0 Å². The summed E-state index contributed by atoms with van der Waals surface area (Å²) in [6, 6.07) is 5.13.